The fraction of sp³-hybridized carbons (Fsp3) is 0.538. The van der Waals surface area contributed by atoms with Gasteiger partial charge in [-0.2, -0.15) is 11.8 Å². The van der Waals surface area contributed by atoms with Crippen LogP contribution >= 0.6 is 39.3 Å². The van der Waals surface area contributed by atoms with Gasteiger partial charge in [0, 0.05) is 46.2 Å². The van der Waals surface area contributed by atoms with Gasteiger partial charge in [0.05, 0.1) is 0 Å². The highest BCUT2D eigenvalue weighted by atomic mass is 79.9. The summed E-state index contributed by atoms with van der Waals surface area (Å²) in [6.07, 6.45) is 0. The van der Waals surface area contributed by atoms with E-state index in [9.17, 15) is 0 Å². The summed E-state index contributed by atoms with van der Waals surface area (Å²) in [6.45, 7) is 5.08. The molecular weight excluding hydrogens is 332 g/mol. The molecule has 1 fully saturated rings. The predicted octanol–water partition coefficient (Wildman–Crippen LogP) is 3.54. The van der Waals surface area contributed by atoms with Crippen LogP contribution in [0.25, 0.3) is 0 Å². The molecule has 1 heterocycles. The zero-order chi connectivity index (χ0) is 13.1. The van der Waals surface area contributed by atoms with E-state index >= 15 is 0 Å². The summed E-state index contributed by atoms with van der Waals surface area (Å²) in [4.78, 5) is 2.47. The van der Waals surface area contributed by atoms with Crippen molar-refractivity contribution >= 4 is 39.3 Å². The Labute approximate surface area is 126 Å². The Morgan fingerprint density at radius 3 is 3.06 bits per heavy atom. The first kappa shape index (κ1) is 14.7. The van der Waals surface area contributed by atoms with E-state index in [1.807, 2.05) is 30.0 Å². The molecule has 2 rings (SSSR count). The monoisotopic (exact) mass is 348 g/mol. The van der Waals surface area contributed by atoms with Crippen LogP contribution in [0.4, 0.5) is 0 Å². The molecule has 2 nitrogen and oxygen atoms in total. The SMILES string of the molecule is CC1CN(C(CN)c2cc(Cl)ccc2Br)CCS1. The zero-order valence-electron chi connectivity index (χ0n) is 10.4. The fourth-order valence-corrected chi connectivity index (χ4v) is 4.10. The molecule has 100 valence electrons. The molecule has 1 aliphatic heterocycles. The van der Waals surface area contributed by atoms with Crippen LogP contribution in [-0.4, -0.2) is 35.5 Å². The van der Waals surface area contributed by atoms with Crippen LogP contribution in [0.5, 0.6) is 0 Å². The van der Waals surface area contributed by atoms with Crippen molar-refractivity contribution in [2.24, 2.45) is 5.73 Å². The zero-order valence-corrected chi connectivity index (χ0v) is 13.6. The molecule has 2 N–H and O–H groups in total. The van der Waals surface area contributed by atoms with E-state index < -0.39 is 0 Å². The third-order valence-electron chi connectivity index (χ3n) is 3.25. The smallest absolute Gasteiger partial charge is 0.0482 e. The van der Waals surface area contributed by atoms with Gasteiger partial charge in [-0.1, -0.05) is 34.5 Å². The molecule has 0 saturated carbocycles. The molecule has 0 aromatic heterocycles. The Kier molecular flexibility index (Phi) is 5.39. The first-order chi connectivity index (χ1) is 8.61. The highest BCUT2D eigenvalue weighted by molar-refractivity contribution is 9.10. The van der Waals surface area contributed by atoms with Crippen molar-refractivity contribution < 1.29 is 0 Å². The van der Waals surface area contributed by atoms with Crippen LogP contribution in [0.1, 0.15) is 18.5 Å². The molecule has 0 radical (unpaired) electrons. The maximum atomic E-state index is 6.10. The minimum Gasteiger partial charge on any atom is -0.329 e. The third kappa shape index (κ3) is 3.42. The van der Waals surface area contributed by atoms with Gasteiger partial charge in [0.15, 0.2) is 0 Å². The van der Waals surface area contributed by atoms with Crippen LogP contribution in [0.3, 0.4) is 0 Å². The number of thioether (sulfide) groups is 1. The highest BCUT2D eigenvalue weighted by Crippen LogP contribution is 2.32. The number of benzene rings is 1. The lowest BCUT2D eigenvalue weighted by molar-refractivity contribution is 0.210. The molecule has 1 aromatic rings. The molecule has 1 aromatic carbocycles. The molecule has 2 atom stereocenters. The lowest BCUT2D eigenvalue weighted by Crippen LogP contribution is -2.42. The summed E-state index contributed by atoms with van der Waals surface area (Å²) >= 11 is 11.7. The largest absolute Gasteiger partial charge is 0.329 e. The summed E-state index contributed by atoms with van der Waals surface area (Å²) < 4.78 is 1.09. The molecule has 1 aliphatic rings. The second kappa shape index (κ2) is 6.62. The summed E-state index contributed by atoms with van der Waals surface area (Å²) in [6, 6.07) is 6.18. The molecule has 5 heteroatoms. The maximum absolute atomic E-state index is 6.10. The van der Waals surface area contributed by atoms with Gasteiger partial charge in [0.1, 0.15) is 0 Å². The molecule has 0 amide bonds. The van der Waals surface area contributed by atoms with E-state index in [1.165, 1.54) is 11.3 Å². The number of nitrogens with two attached hydrogens (primary N) is 1. The maximum Gasteiger partial charge on any atom is 0.0482 e. The molecule has 0 spiro atoms. The van der Waals surface area contributed by atoms with Crippen molar-refractivity contribution in [1.29, 1.82) is 0 Å². The van der Waals surface area contributed by atoms with Gasteiger partial charge >= 0.3 is 0 Å². The van der Waals surface area contributed by atoms with Crippen molar-refractivity contribution in [1.82, 2.24) is 4.90 Å². The summed E-state index contributed by atoms with van der Waals surface area (Å²) in [5, 5.41) is 1.44. The third-order valence-corrected chi connectivity index (χ3v) is 5.35. The molecule has 1 saturated heterocycles. The minimum atomic E-state index is 0.251. The Morgan fingerprint density at radius 2 is 2.39 bits per heavy atom. The second-order valence-corrected chi connectivity index (χ2v) is 7.43. The Hall–Kier alpha value is 0.260. The molecule has 2 unspecified atom stereocenters. The van der Waals surface area contributed by atoms with Gasteiger partial charge in [-0.25, -0.2) is 0 Å². The molecule has 0 bridgehead atoms. The van der Waals surface area contributed by atoms with Crippen LogP contribution in [0.15, 0.2) is 22.7 Å². The number of rotatable bonds is 3. The van der Waals surface area contributed by atoms with Crippen molar-refractivity contribution in [2.75, 3.05) is 25.4 Å². The van der Waals surface area contributed by atoms with Gasteiger partial charge in [0.2, 0.25) is 0 Å². The topological polar surface area (TPSA) is 29.3 Å². The van der Waals surface area contributed by atoms with E-state index in [-0.39, 0.29) is 6.04 Å². The van der Waals surface area contributed by atoms with Gasteiger partial charge in [-0.3, -0.25) is 4.90 Å². The van der Waals surface area contributed by atoms with Crippen LogP contribution in [-0.2, 0) is 0 Å². The van der Waals surface area contributed by atoms with E-state index in [1.54, 1.807) is 0 Å². The molecule has 18 heavy (non-hydrogen) atoms. The van der Waals surface area contributed by atoms with Gasteiger partial charge in [-0.15, -0.1) is 0 Å². The normalized spacial score (nSPS) is 23.0. The Bertz CT molecular complexity index is 416. The average Bonchev–Trinajstić information content (AvgIpc) is 2.35. The number of halogens is 2. The van der Waals surface area contributed by atoms with Crippen molar-refractivity contribution in [2.45, 2.75) is 18.2 Å². The Morgan fingerprint density at radius 1 is 1.61 bits per heavy atom. The van der Waals surface area contributed by atoms with E-state index in [4.69, 9.17) is 17.3 Å². The number of hydrogen-bond acceptors (Lipinski definition) is 3. The number of hydrogen-bond donors (Lipinski definition) is 1. The predicted molar refractivity (Wildman–Crippen MR) is 84.4 cm³/mol. The quantitative estimate of drug-likeness (QED) is 0.905. The van der Waals surface area contributed by atoms with Gasteiger partial charge < -0.3 is 5.73 Å². The van der Waals surface area contributed by atoms with E-state index in [0.29, 0.717) is 11.8 Å². The fourth-order valence-electron chi connectivity index (χ4n) is 2.37. The lowest BCUT2D eigenvalue weighted by atomic mass is 10.0. The van der Waals surface area contributed by atoms with E-state index in [2.05, 4.69) is 27.8 Å². The lowest BCUT2D eigenvalue weighted by Gasteiger charge is -2.37. The van der Waals surface area contributed by atoms with Crippen molar-refractivity contribution in [3.05, 3.63) is 33.3 Å². The molecular formula is C13H18BrClN2S. The van der Waals surface area contributed by atoms with Crippen LogP contribution in [0.2, 0.25) is 5.02 Å². The Balaban J connectivity index is 2.24. The summed E-state index contributed by atoms with van der Waals surface area (Å²) in [5.41, 5.74) is 7.19. The minimum absolute atomic E-state index is 0.251. The first-order valence-electron chi connectivity index (χ1n) is 6.12. The summed E-state index contributed by atoms with van der Waals surface area (Å²) in [7, 11) is 0. The van der Waals surface area contributed by atoms with E-state index in [0.717, 1.165) is 22.6 Å². The molecule has 0 aliphatic carbocycles. The average molecular weight is 350 g/mol. The van der Waals surface area contributed by atoms with Crippen molar-refractivity contribution in [3.63, 3.8) is 0 Å². The highest BCUT2D eigenvalue weighted by Gasteiger charge is 2.25. The summed E-state index contributed by atoms with van der Waals surface area (Å²) in [5.74, 6) is 1.18. The first-order valence-corrected chi connectivity index (χ1v) is 8.34. The van der Waals surface area contributed by atoms with Gasteiger partial charge in [0.25, 0.3) is 0 Å². The van der Waals surface area contributed by atoms with Gasteiger partial charge in [-0.05, 0) is 23.8 Å². The standard InChI is InChI=1S/C13H18BrClN2S/c1-9-8-17(4-5-18-9)13(7-16)11-6-10(15)2-3-12(11)14/h2-3,6,9,13H,4-5,7-8,16H2,1H3. The van der Waals surface area contributed by atoms with Crippen LogP contribution in [0, 0.1) is 0 Å². The van der Waals surface area contributed by atoms with Crippen LogP contribution < -0.4 is 5.73 Å². The second-order valence-electron chi connectivity index (χ2n) is 4.59. The number of nitrogens with zero attached hydrogens (tertiary/aromatic N) is 1. The van der Waals surface area contributed by atoms with Crippen molar-refractivity contribution in [3.8, 4) is 0 Å².